The van der Waals surface area contributed by atoms with E-state index in [1.807, 2.05) is 60.7 Å². The van der Waals surface area contributed by atoms with Crippen LogP contribution in [-0.2, 0) is 32.6 Å². The third-order valence-corrected chi connectivity index (χ3v) is 10.5. The van der Waals surface area contributed by atoms with E-state index in [-0.39, 0.29) is 35.5 Å². The second-order valence-electron chi connectivity index (χ2n) is 11.9. The predicted molar refractivity (Wildman–Crippen MR) is 186 cm³/mol. The van der Waals surface area contributed by atoms with Crippen LogP contribution >= 0.6 is 0 Å². The number of sulfonamides is 1. The van der Waals surface area contributed by atoms with Crippen molar-refractivity contribution in [3.63, 3.8) is 0 Å². The van der Waals surface area contributed by atoms with Crippen LogP contribution in [-0.4, -0.2) is 58.0 Å². The molecule has 1 fully saturated rings. The minimum Gasteiger partial charge on any atom is -0.493 e. The van der Waals surface area contributed by atoms with Crippen LogP contribution in [0.2, 0.25) is 0 Å². The topological polar surface area (TPSA) is 105 Å². The van der Waals surface area contributed by atoms with E-state index in [1.165, 1.54) is 37.3 Å². The van der Waals surface area contributed by atoms with Crippen LogP contribution in [0.5, 0.6) is 11.5 Å². The van der Waals surface area contributed by atoms with Gasteiger partial charge in [-0.3, -0.25) is 13.9 Å². The minimum atomic E-state index is -4.24. The van der Waals surface area contributed by atoms with Crippen molar-refractivity contribution in [3.8, 4) is 11.5 Å². The van der Waals surface area contributed by atoms with Gasteiger partial charge in [0.1, 0.15) is 12.6 Å². The van der Waals surface area contributed by atoms with Gasteiger partial charge >= 0.3 is 0 Å². The smallest absolute Gasteiger partial charge is 0.264 e. The Labute approximate surface area is 283 Å². The average Bonchev–Trinajstić information content (AvgIpc) is 3.13. The van der Waals surface area contributed by atoms with Gasteiger partial charge in [0.2, 0.25) is 11.8 Å². The molecule has 0 aromatic heterocycles. The number of hydrogen-bond acceptors (Lipinski definition) is 6. The molecule has 0 saturated heterocycles. The van der Waals surface area contributed by atoms with Gasteiger partial charge in [0.05, 0.1) is 24.8 Å². The van der Waals surface area contributed by atoms with E-state index in [9.17, 15) is 18.0 Å². The third kappa shape index (κ3) is 8.55. The first-order valence-corrected chi connectivity index (χ1v) is 17.7. The fourth-order valence-electron chi connectivity index (χ4n) is 6.11. The number of nitrogens with zero attached hydrogens (tertiary/aromatic N) is 2. The molecular weight excluding hydrogens is 627 g/mol. The molecule has 10 heteroatoms. The second kappa shape index (κ2) is 16.3. The van der Waals surface area contributed by atoms with E-state index < -0.39 is 28.5 Å². The largest absolute Gasteiger partial charge is 0.493 e. The van der Waals surface area contributed by atoms with Crippen molar-refractivity contribution in [2.75, 3.05) is 25.1 Å². The number of hydrogen-bond donors (Lipinski definition) is 1. The molecule has 4 aromatic carbocycles. The number of rotatable bonds is 14. The Morgan fingerprint density at radius 2 is 1.35 bits per heavy atom. The molecule has 252 valence electrons. The van der Waals surface area contributed by atoms with Crippen molar-refractivity contribution in [2.24, 2.45) is 0 Å². The number of ether oxygens (including phenoxy) is 2. The summed E-state index contributed by atoms with van der Waals surface area (Å²) in [6, 6.07) is 30.8. The molecule has 48 heavy (non-hydrogen) atoms. The van der Waals surface area contributed by atoms with E-state index in [0.717, 1.165) is 47.5 Å². The number of nitrogens with one attached hydrogen (secondary N) is 1. The van der Waals surface area contributed by atoms with Gasteiger partial charge in [-0.15, -0.1) is 0 Å². The van der Waals surface area contributed by atoms with Gasteiger partial charge in [-0.1, -0.05) is 98.1 Å². The molecule has 1 N–H and O–H groups in total. The summed E-state index contributed by atoms with van der Waals surface area (Å²) >= 11 is 0. The predicted octanol–water partition coefficient (Wildman–Crippen LogP) is 5.99. The summed E-state index contributed by atoms with van der Waals surface area (Å²) in [6.45, 7) is -0.442. The van der Waals surface area contributed by atoms with Gasteiger partial charge < -0.3 is 19.7 Å². The van der Waals surface area contributed by atoms with Crippen molar-refractivity contribution in [1.29, 1.82) is 0 Å². The Hall–Kier alpha value is -4.83. The number of carbonyl (C=O) groups is 2. The second-order valence-corrected chi connectivity index (χ2v) is 13.8. The van der Waals surface area contributed by atoms with Crippen LogP contribution in [0.25, 0.3) is 0 Å². The highest BCUT2D eigenvalue weighted by molar-refractivity contribution is 7.92. The summed E-state index contributed by atoms with van der Waals surface area (Å²) < 4.78 is 40.5. The molecule has 0 aliphatic heterocycles. The van der Waals surface area contributed by atoms with Crippen molar-refractivity contribution in [1.82, 2.24) is 10.2 Å². The molecule has 0 unspecified atom stereocenters. The highest BCUT2D eigenvalue weighted by Crippen LogP contribution is 2.34. The lowest BCUT2D eigenvalue weighted by Crippen LogP contribution is -2.55. The summed E-state index contributed by atoms with van der Waals surface area (Å²) in [7, 11) is -1.28. The molecule has 1 aliphatic carbocycles. The van der Waals surface area contributed by atoms with Gasteiger partial charge in [-0.2, -0.15) is 0 Å². The number of carbonyl (C=O) groups excluding carboxylic acids is 2. The Bertz CT molecular complexity index is 1750. The molecule has 5 rings (SSSR count). The molecule has 9 nitrogen and oxygen atoms in total. The lowest BCUT2D eigenvalue weighted by molar-refractivity contribution is -0.140. The average molecular weight is 670 g/mol. The quantitative estimate of drug-likeness (QED) is 0.177. The SMILES string of the molecule is COc1ccc(N(CC(=O)N(Cc2ccccc2)[C@@H](Cc2ccccc2)C(=O)NC2CCCCC2)S(=O)(=O)c2ccccc2)cc1OC. The minimum absolute atomic E-state index is 0.0260. The highest BCUT2D eigenvalue weighted by Gasteiger charge is 2.35. The van der Waals surface area contributed by atoms with Crippen molar-refractivity contribution in [2.45, 2.75) is 62.0 Å². The molecule has 1 atom stereocenters. The van der Waals surface area contributed by atoms with Gasteiger partial charge in [0.25, 0.3) is 10.0 Å². The maximum absolute atomic E-state index is 14.7. The molecule has 1 aliphatic rings. The highest BCUT2D eigenvalue weighted by atomic mass is 32.2. The van der Waals surface area contributed by atoms with E-state index in [4.69, 9.17) is 9.47 Å². The Kier molecular flexibility index (Phi) is 11.7. The number of amides is 2. The summed E-state index contributed by atoms with van der Waals surface area (Å²) in [5, 5.41) is 3.23. The zero-order valence-corrected chi connectivity index (χ0v) is 28.3. The Balaban J connectivity index is 1.57. The standard InChI is InChI=1S/C38H43N3O6S/c1-46-35-24-23-32(26-36(35)47-2)41(48(44,45)33-21-13-6-14-22-33)28-37(42)40(27-30-17-9-4-10-18-30)34(25-29-15-7-3-8-16-29)38(43)39-31-19-11-5-12-20-31/h3-4,6-10,13-18,21-24,26,31,34H,5,11-12,19-20,25,27-28H2,1-2H3,(H,39,43)/t34-/m0/s1. The summed E-state index contributed by atoms with van der Waals surface area (Å²) in [4.78, 5) is 30.5. The van der Waals surface area contributed by atoms with Gasteiger partial charge in [0.15, 0.2) is 11.5 Å². The van der Waals surface area contributed by atoms with Crippen molar-refractivity contribution >= 4 is 27.5 Å². The summed E-state index contributed by atoms with van der Waals surface area (Å²) in [5.74, 6) is -0.0465. The van der Waals surface area contributed by atoms with Crippen LogP contribution in [0.15, 0.2) is 114 Å². The molecule has 0 radical (unpaired) electrons. The summed E-state index contributed by atoms with van der Waals surface area (Å²) in [5.41, 5.74) is 1.93. The molecule has 0 spiro atoms. The van der Waals surface area contributed by atoms with Crippen molar-refractivity contribution < 1.29 is 27.5 Å². The molecule has 4 aromatic rings. The normalized spacial score (nSPS) is 14.0. The maximum atomic E-state index is 14.7. The number of methoxy groups -OCH3 is 2. The van der Waals surface area contributed by atoms with E-state index >= 15 is 0 Å². The van der Waals surface area contributed by atoms with Crippen LogP contribution < -0.4 is 19.1 Å². The maximum Gasteiger partial charge on any atom is 0.264 e. The zero-order chi connectivity index (χ0) is 33.9. The van der Waals surface area contributed by atoms with Gasteiger partial charge in [0, 0.05) is 25.1 Å². The lowest BCUT2D eigenvalue weighted by Gasteiger charge is -2.35. The van der Waals surface area contributed by atoms with Crippen LogP contribution in [0, 0.1) is 0 Å². The molecule has 0 bridgehead atoms. The lowest BCUT2D eigenvalue weighted by atomic mass is 9.94. The summed E-state index contributed by atoms with van der Waals surface area (Å²) in [6.07, 6.45) is 5.26. The number of benzene rings is 4. The molecular formula is C38H43N3O6S. The number of anilines is 1. The third-order valence-electron chi connectivity index (χ3n) is 8.68. The fourth-order valence-corrected chi connectivity index (χ4v) is 7.53. The van der Waals surface area contributed by atoms with Crippen LogP contribution in [0.1, 0.15) is 43.2 Å². The Morgan fingerprint density at radius 1 is 0.771 bits per heavy atom. The zero-order valence-electron chi connectivity index (χ0n) is 27.5. The van der Waals surface area contributed by atoms with E-state index in [0.29, 0.717) is 11.5 Å². The molecule has 0 heterocycles. The first-order chi connectivity index (χ1) is 23.3. The molecule has 1 saturated carbocycles. The first-order valence-electron chi connectivity index (χ1n) is 16.3. The molecule has 2 amide bonds. The van der Waals surface area contributed by atoms with Crippen molar-refractivity contribution in [3.05, 3.63) is 120 Å². The van der Waals surface area contributed by atoms with E-state index in [2.05, 4.69) is 5.32 Å². The monoisotopic (exact) mass is 669 g/mol. The van der Waals surface area contributed by atoms with Gasteiger partial charge in [-0.25, -0.2) is 8.42 Å². The fraction of sp³-hybridized carbons (Fsp3) is 0.316. The van der Waals surface area contributed by atoms with Crippen LogP contribution in [0.4, 0.5) is 5.69 Å². The first kappa shape index (κ1) is 34.5. The van der Waals surface area contributed by atoms with Crippen LogP contribution in [0.3, 0.4) is 0 Å². The van der Waals surface area contributed by atoms with Gasteiger partial charge in [-0.05, 0) is 48.2 Å². The van der Waals surface area contributed by atoms with E-state index in [1.54, 1.807) is 30.3 Å². The Morgan fingerprint density at radius 3 is 1.96 bits per heavy atom.